The molecule has 0 saturated carbocycles. The van der Waals surface area contributed by atoms with Crippen LogP contribution in [0.5, 0.6) is 0 Å². The van der Waals surface area contributed by atoms with Crippen LogP contribution in [0.4, 0.5) is 0 Å². The van der Waals surface area contributed by atoms with Crippen molar-refractivity contribution < 1.29 is 0 Å². The van der Waals surface area contributed by atoms with E-state index in [-0.39, 0.29) is 6.04 Å². The molecule has 3 N–H and O–H groups in total. The number of fused-ring (bicyclic) bond motifs is 1. The fourth-order valence-corrected chi connectivity index (χ4v) is 1.85. The Kier molecular flexibility index (Phi) is 2.14. The average Bonchev–Trinajstić information content (AvgIpc) is 2.53. The SMILES string of the molecule is C=C[C@@H](N)c1c(C)[nH]c2ccccc12. The number of H-pyrrole nitrogens is 1. The van der Waals surface area contributed by atoms with Gasteiger partial charge >= 0.3 is 0 Å². The lowest BCUT2D eigenvalue weighted by Gasteiger charge is -2.05. The van der Waals surface area contributed by atoms with E-state index in [9.17, 15) is 0 Å². The van der Waals surface area contributed by atoms with Gasteiger partial charge in [-0.15, -0.1) is 6.58 Å². The van der Waals surface area contributed by atoms with Gasteiger partial charge in [-0.2, -0.15) is 0 Å². The van der Waals surface area contributed by atoms with Gasteiger partial charge in [-0.25, -0.2) is 0 Å². The molecular weight excluding hydrogens is 172 g/mol. The van der Waals surface area contributed by atoms with Gasteiger partial charge < -0.3 is 10.7 Å². The minimum absolute atomic E-state index is 0.0915. The molecule has 2 nitrogen and oxygen atoms in total. The molecule has 1 heterocycles. The van der Waals surface area contributed by atoms with E-state index in [1.165, 1.54) is 5.39 Å². The summed E-state index contributed by atoms with van der Waals surface area (Å²) in [5.74, 6) is 0. The van der Waals surface area contributed by atoms with Crippen molar-refractivity contribution in [2.75, 3.05) is 0 Å². The Morgan fingerprint density at radius 3 is 2.86 bits per heavy atom. The Morgan fingerprint density at radius 1 is 1.43 bits per heavy atom. The monoisotopic (exact) mass is 186 g/mol. The van der Waals surface area contributed by atoms with Crippen molar-refractivity contribution in [3.8, 4) is 0 Å². The maximum atomic E-state index is 5.97. The molecule has 1 aromatic heterocycles. The van der Waals surface area contributed by atoms with Gasteiger partial charge in [0.05, 0.1) is 6.04 Å². The maximum absolute atomic E-state index is 5.97. The average molecular weight is 186 g/mol. The number of hydrogen-bond acceptors (Lipinski definition) is 1. The number of benzene rings is 1. The molecule has 2 rings (SSSR count). The summed E-state index contributed by atoms with van der Waals surface area (Å²) in [5, 5.41) is 1.19. The highest BCUT2D eigenvalue weighted by molar-refractivity contribution is 5.85. The third-order valence-electron chi connectivity index (χ3n) is 2.53. The second kappa shape index (κ2) is 3.31. The van der Waals surface area contributed by atoms with Crippen molar-refractivity contribution in [3.05, 3.63) is 48.2 Å². The molecule has 14 heavy (non-hydrogen) atoms. The summed E-state index contributed by atoms with van der Waals surface area (Å²) in [6, 6.07) is 8.08. The van der Waals surface area contributed by atoms with Crippen LogP contribution in [0.2, 0.25) is 0 Å². The third kappa shape index (κ3) is 1.24. The molecular formula is C12H14N2. The zero-order chi connectivity index (χ0) is 10.1. The predicted octanol–water partition coefficient (Wildman–Crippen LogP) is 2.66. The second-order valence-electron chi connectivity index (χ2n) is 3.47. The number of hydrogen-bond donors (Lipinski definition) is 2. The smallest absolute Gasteiger partial charge is 0.0502 e. The first kappa shape index (κ1) is 9.03. The molecule has 0 aliphatic heterocycles. The largest absolute Gasteiger partial charge is 0.358 e. The molecule has 2 heteroatoms. The number of aryl methyl sites for hydroxylation is 1. The van der Waals surface area contributed by atoms with Gasteiger partial charge in [-0.05, 0) is 13.0 Å². The standard InChI is InChI=1S/C12H14N2/c1-3-10(13)12-8(2)14-11-7-5-4-6-9(11)12/h3-7,10,14H,1,13H2,2H3/t10-/m1/s1. The van der Waals surface area contributed by atoms with Crippen molar-refractivity contribution >= 4 is 10.9 Å². The van der Waals surface area contributed by atoms with Crippen LogP contribution in [0.25, 0.3) is 10.9 Å². The first-order chi connectivity index (χ1) is 6.74. The van der Waals surface area contributed by atoms with Crippen LogP contribution >= 0.6 is 0 Å². The minimum Gasteiger partial charge on any atom is -0.358 e. The summed E-state index contributed by atoms with van der Waals surface area (Å²) < 4.78 is 0. The number of aromatic nitrogens is 1. The molecule has 0 saturated heterocycles. The zero-order valence-corrected chi connectivity index (χ0v) is 8.25. The Labute approximate surface area is 83.4 Å². The lowest BCUT2D eigenvalue weighted by molar-refractivity contribution is 0.910. The minimum atomic E-state index is -0.0915. The Bertz CT molecular complexity index is 468. The molecule has 0 spiro atoms. The molecule has 0 aliphatic rings. The van der Waals surface area contributed by atoms with Crippen LogP contribution in [0.3, 0.4) is 0 Å². The van der Waals surface area contributed by atoms with Crippen LogP contribution in [-0.2, 0) is 0 Å². The van der Waals surface area contributed by atoms with Crippen LogP contribution in [0.15, 0.2) is 36.9 Å². The fourth-order valence-electron chi connectivity index (χ4n) is 1.85. The van der Waals surface area contributed by atoms with E-state index < -0.39 is 0 Å². The second-order valence-corrected chi connectivity index (χ2v) is 3.47. The third-order valence-corrected chi connectivity index (χ3v) is 2.53. The van der Waals surface area contributed by atoms with E-state index in [0.29, 0.717) is 0 Å². The highest BCUT2D eigenvalue weighted by Crippen LogP contribution is 2.26. The molecule has 1 aromatic carbocycles. The van der Waals surface area contributed by atoms with Gasteiger partial charge in [0.15, 0.2) is 0 Å². The maximum Gasteiger partial charge on any atom is 0.0502 e. The number of aromatic amines is 1. The molecule has 0 amide bonds. The van der Waals surface area contributed by atoms with Crippen LogP contribution in [0, 0.1) is 6.92 Å². The zero-order valence-electron chi connectivity index (χ0n) is 8.25. The normalized spacial score (nSPS) is 13.0. The Balaban J connectivity index is 2.73. The summed E-state index contributed by atoms with van der Waals surface area (Å²) in [7, 11) is 0. The topological polar surface area (TPSA) is 41.8 Å². The number of nitrogens with one attached hydrogen (secondary N) is 1. The molecule has 0 fully saturated rings. The first-order valence-corrected chi connectivity index (χ1v) is 4.69. The highest BCUT2D eigenvalue weighted by Gasteiger charge is 2.11. The van der Waals surface area contributed by atoms with Crippen molar-refractivity contribution in [3.63, 3.8) is 0 Å². The quantitative estimate of drug-likeness (QED) is 0.695. The number of para-hydroxylation sites is 1. The van der Waals surface area contributed by atoms with E-state index in [0.717, 1.165) is 16.8 Å². The van der Waals surface area contributed by atoms with E-state index in [1.54, 1.807) is 6.08 Å². The molecule has 72 valence electrons. The van der Waals surface area contributed by atoms with E-state index in [2.05, 4.69) is 23.7 Å². The number of nitrogens with two attached hydrogens (primary N) is 1. The molecule has 0 aliphatic carbocycles. The van der Waals surface area contributed by atoms with Gasteiger partial charge in [0.25, 0.3) is 0 Å². The summed E-state index contributed by atoms with van der Waals surface area (Å²) >= 11 is 0. The Morgan fingerprint density at radius 2 is 2.14 bits per heavy atom. The van der Waals surface area contributed by atoms with Gasteiger partial charge in [-0.1, -0.05) is 24.3 Å². The van der Waals surface area contributed by atoms with Crippen LogP contribution in [-0.4, -0.2) is 4.98 Å². The lowest BCUT2D eigenvalue weighted by Crippen LogP contribution is -2.07. The summed E-state index contributed by atoms with van der Waals surface area (Å²) in [6.45, 7) is 5.77. The number of rotatable bonds is 2. The highest BCUT2D eigenvalue weighted by atomic mass is 14.7. The van der Waals surface area contributed by atoms with Gasteiger partial charge in [0.1, 0.15) is 0 Å². The fraction of sp³-hybridized carbons (Fsp3) is 0.167. The molecule has 2 aromatic rings. The van der Waals surface area contributed by atoms with Crippen LogP contribution in [0.1, 0.15) is 17.3 Å². The van der Waals surface area contributed by atoms with Crippen molar-refractivity contribution in [2.24, 2.45) is 5.73 Å². The summed E-state index contributed by atoms with van der Waals surface area (Å²) in [4.78, 5) is 3.31. The molecule has 0 radical (unpaired) electrons. The predicted molar refractivity (Wildman–Crippen MR) is 60.2 cm³/mol. The van der Waals surface area contributed by atoms with Gasteiger partial charge in [0.2, 0.25) is 0 Å². The lowest BCUT2D eigenvalue weighted by atomic mass is 10.0. The molecule has 0 unspecified atom stereocenters. The van der Waals surface area contributed by atoms with E-state index in [1.807, 2.05) is 19.1 Å². The van der Waals surface area contributed by atoms with E-state index in [4.69, 9.17) is 5.73 Å². The first-order valence-electron chi connectivity index (χ1n) is 4.69. The summed E-state index contributed by atoms with van der Waals surface area (Å²) in [6.07, 6.45) is 1.77. The van der Waals surface area contributed by atoms with E-state index >= 15 is 0 Å². The Hall–Kier alpha value is -1.54. The molecule has 0 bridgehead atoms. The van der Waals surface area contributed by atoms with Crippen LogP contribution < -0.4 is 5.73 Å². The molecule has 1 atom stereocenters. The van der Waals surface area contributed by atoms with Crippen molar-refractivity contribution in [1.29, 1.82) is 0 Å². The summed E-state index contributed by atoms with van der Waals surface area (Å²) in [5.41, 5.74) is 9.38. The van der Waals surface area contributed by atoms with Crippen molar-refractivity contribution in [2.45, 2.75) is 13.0 Å². The van der Waals surface area contributed by atoms with Gasteiger partial charge in [0, 0.05) is 22.2 Å². The van der Waals surface area contributed by atoms with Gasteiger partial charge in [-0.3, -0.25) is 0 Å². The van der Waals surface area contributed by atoms with Crippen molar-refractivity contribution in [1.82, 2.24) is 4.98 Å².